The number of alkyl halides is 1. The Kier molecular flexibility index (Phi) is 6.19. The summed E-state index contributed by atoms with van der Waals surface area (Å²) in [5, 5.41) is 1.08. The van der Waals surface area contributed by atoms with Gasteiger partial charge in [0.15, 0.2) is 0 Å². The molecule has 0 radical (unpaired) electrons. The van der Waals surface area contributed by atoms with Gasteiger partial charge in [0.25, 0.3) is 0 Å². The lowest BCUT2D eigenvalue weighted by molar-refractivity contribution is 0.0989. The SMILES string of the molecule is BrCC(CCC1CCCO1)Cc1cccc(Br)c1. The molecule has 0 aliphatic carbocycles. The van der Waals surface area contributed by atoms with Gasteiger partial charge in [-0.15, -0.1) is 0 Å². The molecule has 2 unspecified atom stereocenters. The number of hydrogen-bond donors (Lipinski definition) is 0. The van der Waals surface area contributed by atoms with Crippen LogP contribution in [0.2, 0.25) is 0 Å². The van der Waals surface area contributed by atoms with Crippen molar-refractivity contribution in [3.63, 3.8) is 0 Å². The second-order valence-electron chi connectivity index (χ2n) is 5.07. The molecule has 2 rings (SSSR count). The third kappa shape index (κ3) is 4.67. The summed E-state index contributed by atoms with van der Waals surface area (Å²) in [5.74, 6) is 0.712. The van der Waals surface area contributed by atoms with Crippen LogP contribution in [-0.2, 0) is 11.2 Å². The Bertz CT molecular complexity index is 361. The second kappa shape index (κ2) is 7.66. The van der Waals surface area contributed by atoms with Crippen LogP contribution in [-0.4, -0.2) is 18.0 Å². The second-order valence-corrected chi connectivity index (χ2v) is 6.63. The van der Waals surface area contributed by atoms with Crippen LogP contribution in [0.1, 0.15) is 31.2 Å². The zero-order valence-corrected chi connectivity index (χ0v) is 13.8. The standard InChI is InChI=1S/C15H20Br2O/c16-11-13(6-7-15-5-2-8-18-15)9-12-3-1-4-14(17)10-12/h1,3-4,10,13,15H,2,5-9,11H2. The van der Waals surface area contributed by atoms with Gasteiger partial charge < -0.3 is 4.74 Å². The first-order valence-corrected chi connectivity index (χ1v) is 8.61. The summed E-state index contributed by atoms with van der Waals surface area (Å²) in [7, 11) is 0. The molecule has 1 fully saturated rings. The Morgan fingerprint density at radius 3 is 2.94 bits per heavy atom. The van der Waals surface area contributed by atoms with Gasteiger partial charge in [0.05, 0.1) is 6.10 Å². The van der Waals surface area contributed by atoms with Crippen molar-refractivity contribution in [2.75, 3.05) is 11.9 Å². The molecule has 1 saturated heterocycles. The monoisotopic (exact) mass is 374 g/mol. The van der Waals surface area contributed by atoms with Crippen molar-refractivity contribution in [2.24, 2.45) is 5.92 Å². The third-order valence-electron chi connectivity index (χ3n) is 3.55. The quantitative estimate of drug-likeness (QED) is 0.638. The zero-order chi connectivity index (χ0) is 12.8. The smallest absolute Gasteiger partial charge is 0.0576 e. The molecule has 3 heteroatoms. The van der Waals surface area contributed by atoms with E-state index in [-0.39, 0.29) is 0 Å². The molecular weight excluding hydrogens is 356 g/mol. The number of hydrogen-bond acceptors (Lipinski definition) is 1. The van der Waals surface area contributed by atoms with E-state index in [4.69, 9.17) is 4.74 Å². The molecule has 1 nitrogen and oxygen atoms in total. The van der Waals surface area contributed by atoms with Gasteiger partial charge in [-0.05, 0) is 55.7 Å². The Balaban J connectivity index is 1.81. The highest BCUT2D eigenvalue weighted by atomic mass is 79.9. The van der Waals surface area contributed by atoms with Gasteiger partial charge in [-0.2, -0.15) is 0 Å². The predicted octanol–water partition coefficient (Wildman–Crippen LogP) is 4.96. The summed E-state index contributed by atoms with van der Waals surface area (Å²) in [6.45, 7) is 0.968. The summed E-state index contributed by atoms with van der Waals surface area (Å²) in [6, 6.07) is 8.64. The van der Waals surface area contributed by atoms with Crippen molar-refractivity contribution in [1.82, 2.24) is 0 Å². The molecule has 1 aromatic rings. The predicted molar refractivity (Wildman–Crippen MR) is 83.3 cm³/mol. The molecule has 1 aromatic carbocycles. The highest BCUT2D eigenvalue weighted by Gasteiger charge is 2.17. The molecule has 0 amide bonds. The molecule has 1 aliphatic heterocycles. The maximum absolute atomic E-state index is 5.69. The number of halogens is 2. The van der Waals surface area contributed by atoms with E-state index >= 15 is 0 Å². The highest BCUT2D eigenvalue weighted by molar-refractivity contribution is 9.10. The van der Waals surface area contributed by atoms with E-state index < -0.39 is 0 Å². The minimum absolute atomic E-state index is 0.522. The van der Waals surface area contributed by atoms with E-state index in [2.05, 4.69) is 56.1 Å². The Hall–Kier alpha value is 0.140. The average molecular weight is 376 g/mol. The zero-order valence-electron chi connectivity index (χ0n) is 10.6. The number of benzene rings is 1. The van der Waals surface area contributed by atoms with Gasteiger partial charge in [0.1, 0.15) is 0 Å². The van der Waals surface area contributed by atoms with Crippen molar-refractivity contribution in [3.05, 3.63) is 34.3 Å². The lowest BCUT2D eigenvalue weighted by atomic mass is 9.95. The molecule has 2 atom stereocenters. The van der Waals surface area contributed by atoms with E-state index in [1.54, 1.807) is 0 Å². The minimum Gasteiger partial charge on any atom is -0.378 e. The van der Waals surface area contributed by atoms with Crippen LogP contribution in [0.15, 0.2) is 28.7 Å². The molecular formula is C15H20Br2O. The first kappa shape index (κ1) is 14.5. The van der Waals surface area contributed by atoms with E-state index in [0.29, 0.717) is 12.0 Å². The molecule has 0 N–H and O–H groups in total. The van der Waals surface area contributed by atoms with Crippen LogP contribution in [0.5, 0.6) is 0 Å². The Morgan fingerprint density at radius 2 is 2.28 bits per heavy atom. The van der Waals surface area contributed by atoms with Gasteiger partial charge in [-0.3, -0.25) is 0 Å². The molecule has 100 valence electrons. The summed E-state index contributed by atoms with van der Waals surface area (Å²) < 4.78 is 6.87. The van der Waals surface area contributed by atoms with E-state index in [1.807, 2.05) is 0 Å². The van der Waals surface area contributed by atoms with Crippen LogP contribution in [0.25, 0.3) is 0 Å². The number of ether oxygens (including phenoxy) is 1. The van der Waals surface area contributed by atoms with E-state index in [9.17, 15) is 0 Å². The van der Waals surface area contributed by atoms with E-state index in [0.717, 1.165) is 18.4 Å². The Labute approximate surface area is 127 Å². The first-order valence-electron chi connectivity index (χ1n) is 6.70. The molecule has 1 heterocycles. The van der Waals surface area contributed by atoms with Crippen molar-refractivity contribution in [2.45, 2.75) is 38.2 Å². The maximum Gasteiger partial charge on any atom is 0.0576 e. The molecule has 0 aromatic heterocycles. The van der Waals surface area contributed by atoms with Crippen molar-refractivity contribution in [3.8, 4) is 0 Å². The molecule has 1 aliphatic rings. The topological polar surface area (TPSA) is 9.23 Å². The van der Waals surface area contributed by atoms with Gasteiger partial charge in [-0.25, -0.2) is 0 Å². The van der Waals surface area contributed by atoms with Crippen LogP contribution in [0, 0.1) is 5.92 Å². The largest absolute Gasteiger partial charge is 0.378 e. The maximum atomic E-state index is 5.69. The molecule has 0 bridgehead atoms. The van der Waals surface area contributed by atoms with Gasteiger partial charge in [0.2, 0.25) is 0 Å². The van der Waals surface area contributed by atoms with Crippen LogP contribution >= 0.6 is 31.9 Å². The van der Waals surface area contributed by atoms with Crippen molar-refractivity contribution >= 4 is 31.9 Å². The molecule has 0 saturated carbocycles. The van der Waals surface area contributed by atoms with Gasteiger partial charge in [-0.1, -0.05) is 44.0 Å². The summed E-state index contributed by atoms with van der Waals surface area (Å²) in [6.07, 6.45) is 6.64. The fourth-order valence-electron chi connectivity index (χ4n) is 2.52. The van der Waals surface area contributed by atoms with Gasteiger partial charge in [0, 0.05) is 16.4 Å². The van der Waals surface area contributed by atoms with E-state index in [1.165, 1.54) is 35.7 Å². The minimum atomic E-state index is 0.522. The lowest BCUT2D eigenvalue weighted by Gasteiger charge is -2.16. The van der Waals surface area contributed by atoms with Crippen molar-refractivity contribution in [1.29, 1.82) is 0 Å². The van der Waals surface area contributed by atoms with Crippen LogP contribution in [0.3, 0.4) is 0 Å². The average Bonchev–Trinajstić information content (AvgIpc) is 2.87. The van der Waals surface area contributed by atoms with Crippen LogP contribution in [0.4, 0.5) is 0 Å². The normalized spacial score (nSPS) is 21.1. The Morgan fingerprint density at radius 1 is 1.39 bits per heavy atom. The number of rotatable bonds is 6. The van der Waals surface area contributed by atoms with Crippen LogP contribution < -0.4 is 0 Å². The summed E-state index contributed by atoms with van der Waals surface area (Å²) in [5.41, 5.74) is 1.42. The lowest BCUT2D eigenvalue weighted by Crippen LogP contribution is -2.12. The fourth-order valence-corrected chi connectivity index (χ4v) is 3.52. The highest BCUT2D eigenvalue weighted by Crippen LogP contribution is 2.23. The fraction of sp³-hybridized carbons (Fsp3) is 0.600. The van der Waals surface area contributed by atoms with Gasteiger partial charge >= 0.3 is 0 Å². The molecule has 0 spiro atoms. The summed E-state index contributed by atoms with van der Waals surface area (Å²) >= 11 is 7.18. The van der Waals surface area contributed by atoms with Crippen molar-refractivity contribution < 1.29 is 4.74 Å². The third-order valence-corrected chi connectivity index (χ3v) is 4.96. The first-order chi connectivity index (χ1) is 8.78. The molecule has 18 heavy (non-hydrogen) atoms. The summed E-state index contributed by atoms with van der Waals surface area (Å²) in [4.78, 5) is 0.